The van der Waals surface area contributed by atoms with Crippen molar-refractivity contribution in [2.45, 2.75) is 25.1 Å². The number of nitrogens with zero attached hydrogens (tertiary/aromatic N) is 1. The van der Waals surface area contributed by atoms with E-state index in [1.807, 2.05) is 4.90 Å². The van der Waals surface area contributed by atoms with Gasteiger partial charge in [0.15, 0.2) is 0 Å². The van der Waals surface area contributed by atoms with E-state index < -0.39 is 24.5 Å². The average Bonchev–Trinajstić information content (AvgIpc) is 2.43. The molecule has 0 bridgehead atoms. The third kappa shape index (κ3) is 5.68. The van der Waals surface area contributed by atoms with E-state index in [0.717, 1.165) is 13.1 Å². The molecule has 0 unspecified atom stereocenters. The summed E-state index contributed by atoms with van der Waals surface area (Å²) in [5.74, 6) is -0.445. The molecule has 1 atom stereocenters. The van der Waals surface area contributed by atoms with Crippen LogP contribution in [-0.2, 0) is 0 Å². The summed E-state index contributed by atoms with van der Waals surface area (Å²) in [4.78, 5) is 1.99. The Morgan fingerprint density at radius 2 is 1.86 bits per heavy atom. The Morgan fingerprint density at radius 3 is 2.41 bits per heavy atom. The summed E-state index contributed by atoms with van der Waals surface area (Å²) in [6.45, 7) is 2.81. The van der Waals surface area contributed by atoms with Gasteiger partial charge in [-0.2, -0.15) is 13.2 Å². The third-order valence-corrected chi connectivity index (χ3v) is 4.27. The van der Waals surface area contributed by atoms with Crippen LogP contribution in [0.4, 0.5) is 17.6 Å². The van der Waals surface area contributed by atoms with Crippen molar-refractivity contribution < 1.29 is 17.6 Å². The third-order valence-electron chi connectivity index (χ3n) is 3.62. The summed E-state index contributed by atoms with van der Waals surface area (Å²) in [7, 11) is 0. The lowest BCUT2D eigenvalue weighted by Gasteiger charge is -2.35. The maximum Gasteiger partial charge on any atom is 0.389 e. The van der Waals surface area contributed by atoms with Crippen LogP contribution in [0, 0.1) is 5.82 Å². The first-order valence-corrected chi connectivity index (χ1v) is 7.62. The number of rotatable bonds is 4. The first-order valence-electron chi connectivity index (χ1n) is 6.83. The van der Waals surface area contributed by atoms with Crippen LogP contribution in [0.25, 0.3) is 0 Å². The molecule has 0 aromatic heterocycles. The number of halogens is 6. The average molecular weight is 406 g/mol. The lowest BCUT2D eigenvalue weighted by molar-refractivity contribution is -0.138. The van der Waals surface area contributed by atoms with Crippen molar-refractivity contribution in [2.24, 2.45) is 0 Å². The van der Waals surface area contributed by atoms with Gasteiger partial charge in [0.2, 0.25) is 0 Å². The second-order valence-electron chi connectivity index (χ2n) is 5.13. The molecular weight excluding hydrogens is 388 g/mol. The molecular formula is C14H18BrClF4N2. The van der Waals surface area contributed by atoms with Gasteiger partial charge in [-0.1, -0.05) is 6.07 Å². The predicted molar refractivity (Wildman–Crippen MR) is 83.8 cm³/mol. The van der Waals surface area contributed by atoms with Gasteiger partial charge in [-0.3, -0.25) is 4.90 Å². The van der Waals surface area contributed by atoms with Crippen LogP contribution in [0.2, 0.25) is 0 Å². The van der Waals surface area contributed by atoms with Crippen LogP contribution in [0.1, 0.15) is 24.4 Å². The maximum atomic E-state index is 13.7. The maximum absolute atomic E-state index is 13.7. The van der Waals surface area contributed by atoms with Crippen molar-refractivity contribution in [1.29, 1.82) is 0 Å². The zero-order chi connectivity index (χ0) is 15.5. The summed E-state index contributed by atoms with van der Waals surface area (Å²) in [6.07, 6.45) is -5.11. The Balaban J connectivity index is 0.00000242. The summed E-state index contributed by atoms with van der Waals surface area (Å²) in [5, 5.41) is 3.17. The molecule has 1 aliphatic rings. The highest BCUT2D eigenvalue weighted by Crippen LogP contribution is 2.33. The van der Waals surface area contributed by atoms with Crippen LogP contribution in [-0.4, -0.2) is 37.3 Å². The topological polar surface area (TPSA) is 15.3 Å². The van der Waals surface area contributed by atoms with Gasteiger partial charge in [-0.25, -0.2) is 4.39 Å². The van der Waals surface area contributed by atoms with E-state index in [4.69, 9.17) is 0 Å². The van der Waals surface area contributed by atoms with Crippen LogP contribution >= 0.6 is 28.3 Å². The van der Waals surface area contributed by atoms with Gasteiger partial charge < -0.3 is 5.32 Å². The second-order valence-corrected chi connectivity index (χ2v) is 5.98. The van der Waals surface area contributed by atoms with Gasteiger partial charge in [0.1, 0.15) is 5.82 Å². The molecule has 0 saturated carbocycles. The van der Waals surface area contributed by atoms with Crippen LogP contribution in [0.5, 0.6) is 0 Å². The quantitative estimate of drug-likeness (QED) is 0.752. The Kier molecular flexibility index (Phi) is 7.58. The van der Waals surface area contributed by atoms with Crippen molar-refractivity contribution >= 4 is 28.3 Å². The van der Waals surface area contributed by atoms with E-state index in [0.29, 0.717) is 23.1 Å². The van der Waals surface area contributed by atoms with Crippen LogP contribution in [0.3, 0.4) is 0 Å². The van der Waals surface area contributed by atoms with Gasteiger partial charge in [-0.15, -0.1) is 12.4 Å². The van der Waals surface area contributed by atoms with Gasteiger partial charge in [0.05, 0.1) is 4.47 Å². The highest BCUT2D eigenvalue weighted by atomic mass is 79.9. The number of alkyl halides is 3. The fourth-order valence-corrected chi connectivity index (χ4v) is 2.82. The number of nitrogens with one attached hydrogen (secondary N) is 1. The molecule has 2 rings (SSSR count). The molecule has 1 aromatic carbocycles. The van der Waals surface area contributed by atoms with E-state index in [2.05, 4.69) is 21.2 Å². The lowest BCUT2D eigenvalue weighted by atomic mass is 9.99. The highest BCUT2D eigenvalue weighted by molar-refractivity contribution is 9.10. The Morgan fingerprint density at radius 1 is 1.23 bits per heavy atom. The minimum atomic E-state index is -4.19. The zero-order valence-electron chi connectivity index (χ0n) is 11.8. The molecule has 1 aliphatic heterocycles. The minimum Gasteiger partial charge on any atom is -0.314 e. The van der Waals surface area contributed by atoms with Crippen molar-refractivity contribution in [3.8, 4) is 0 Å². The smallest absolute Gasteiger partial charge is 0.314 e. The van der Waals surface area contributed by atoms with Crippen LogP contribution in [0.15, 0.2) is 22.7 Å². The molecule has 0 radical (unpaired) electrons. The van der Waals surface area contributed by atoms with Gasteiger partial charge in [-0.05, 0) is 40.0 Å². The molecule has 8 heteroatoms. The largest absolute Gasteiger partial charge is 0.389 e. The second kappa shape index (κ2) is 8.47. The van der Waals surface area contributed by atoms with Crippen molar-refractivity contribution in [2.75, 3.05) is 26.2 Å². The van der Waals surface area contributed by atoms with Gasteiger partial charge in [0, 0.05) is 38.6 Å². The molecule has 1 fully saturated rings. The summed E-state index contributed by atoms with van der Waals surface area (Å²) in [6, 6.07) is 4.16. The van der Waals surface area contributed by atoms with E-state index >= 15 is 0 Å². The summed E-state index contributed by atoms with van der Waals surface area (Å²) in [5.41, 5.74) is 0.599. The summed E-state index contributed by atoms with van der Waals surface area (Å²) >= 11 is 3.07. The molecule has 1 aromatic rings. The normalized spacial score (nSPS) is 17.9. The monoisotopic (exact) mass is 404 g/mol. The molecule has 1 heterocycles. The molecule has 1 saturated heterocycles. The standard InChI is InChI=1S/C14H17BrF4N2.ClH/c15-11-2-1-10(9-12(11)16)13(3-4-14(17,18)19)21-7-5-20-6-8-21;/h1-2,9,13,20H,3-8H2;1H/t13-;/m1./s1. The van der Waals surface area contributed by atoms with E-state index in [1.54, 1.807) is 12.1 Å². The summed E-state index contributed by atoms with van der Waals surface area (Å²) < 4.78 is 51.6. The number of benzene rings is 1. The molecule has 126 valence electrons. The highest BCUT2D eigenvalue weighted by Gasteiger charge is 2.31. The van der Waals surface area contributed by atoms with Crippen molar-refractivity contribution in [3.05, 3.63) is 34.1 Å². The predicted octanol–water partition coefficient (Wildman–Crippen LogP) is 4.30. The molecule has 22 heavy (non-hydrogen) atoms. The number of hydrogen-bond acceptors (Lipinski definition) is 2. The van der Waals surface area contributed by atoms with Gasteiger partial charge in [0.25, 0.3) is 0 Å². The number of hydrogen-bond donors (Lipinski definition) is 1. The Hall–Kier alpha value is -0.370. The SMILES string of the molecule is Cl.Fc1cc([C@@H](CCC(F)(F)F)N2CCNCC2)ccc1Br. The minimum absolute atomic E-state index is 0. The van der Waals surface area contributed by atoms with Gasteiger partial charge >= 0.3 is 6.18 Å². The fourth-order valence-electron chi connectivity index (χ4n) is 2.57. The first-order chi connectivity index (χ1) is 9.87. The molecule has 0 aliphatic carbocycles. The molecule has 1 N–H and O–H groups in total. The molecule has 0 spiro atoms. The fraction of sp³-hybridized carbons (Fsp3) is 0.571. The zero-order valence-corrected chi connectivity index (χ0v) is 14.2. The lowest BCUT2D eigenvalue weighted by Crippen LogP contribution is -2.45. The Labute approximate surface area is 141 Å². The first kappa shape index (κ1) is 19.7. The molecule has 2 nitrogen and oxygen atoms in total. The Bertz CT molecular complexity index is 478. The van der Waals surface area contributed by atoms with E-state index in [9.17, 15) is 17.6 Å². The van der Waals surface area contributed by atoms with Crippen molar-refractivity contribution in [1.82, 2.24) is 10.2 Å². The number of piperazine rings is 1. The van der Waals surface area contributed by atoms with Crippen molar-refractivity contribution in [3.63, 3.8) is 0 Å². The van der Waals surface area contributed by atoms with E-state index in [1.165, 1.54) is 6.07 Å². The molecule has 0 amide bonds. The van der Waals surface area contributed by atoms with E-state index in [-0.39, 0.29) is 18.8 Å². The van der Waals surface area contributed by atoms with Crippen LogP contribution < -0.4 is 5.32 Å².